The molecule has 0 heterocycles. The number of aryl methyl sites for hydroxylation is 1. The smallest absolute Gasteiger partial charge is 0.224 e. The second-order valence-electron chi connectivity index (χ2n) is 4.55. The predicted molar refractivity (Wildman–Crippen MR) is 83.8 cm³/mol. The molecule has 0 bridgehead atoms. The maximum absolute atomic E-state index is 11.8. The average molecular weight is 334 g/mol. The molecule has 20 heavy (non-hydrogen) atoms. The normalized spacial score (nSPS) is 10.2. The molecule has 104 valence electrons. The maximum atomic E-state index is 11.8. The Morgan fingerprint density at radius 1 is 1.15 bits per heavy atom. The molecule has 2 aromatic rings. The number of nitrogens with one attached hydrogen (secondary N) is 1. The number of phenolic OH excluding ortho intramolecular Hbond substituents is 1. The molecule has 2 aromatic carbocycles. The van der Waals surface area contributed by atoms with Crippen LogP contribution in [0.5, 0.6) is 5.75 Å². The summed E-state index contributed by atoms with van der Waals surface area (Å²) >= 11 is 3.26. The average Bonchev–Trinajstić information content (AvgIpc) is 2.43. The largest absolute Gasteiger partial charge is 0.506 e. The van der Waals surface area contributed by atoms with E-state index in [-0.39, 0.29) is 11.7 Å². The van der Waals surface area contributed by atoms with Gasteiger partial charge in [-0.3, -0.25) is 4.79 Å². The Bertz CT molecular complexity index is 584. The minimum atomic E-state index is -0.0847. The van der Waals surface area contributed by atoms with E-state index in [1.165, 1.54) is 5.56 Å². The van der Waals surface area contributed by atoms with Crippen molar-refractivity contribution in [1.29, 1.82) is 0 Å². The SMILES string of the molecule is O=C(CCCc1ccccc1)Nc1ccc(Br)cc1O. The van der Waals surface area contributed by atoms with Gasteiger partial charge in [-0.15, -0.1) is 0 Å². The van der Waals surface area contributed by atoms with Gasteiger partial charge in [0.2, 0.25) is 5.91 Å². The third-order valence-electron chi connectivity index (χ3n) is 2.95. The molecule has 0 spiro atoms. The van der Waals surface area contributed by atoms with Gasteiger partial charge in [-0.1, -0.05) is 46.3 Å². The highest BCUT2D eigenvalue weighted by atomic mass is 79.9. The molecule has 0 unspecified atom stereocenters. The first kappa shape index (κ1) is 14.6. The summed E-state index contributed by atoms with van der Waals surface area (Å²) in [5.74, 6) is -0.0191. The van der Waals surface area contributed by atoms with E-state index in [0.717, 1.165) is 17.3 Å². The number of halogens is 1. The van der Waals surface area contributed by atoms with Crippen molar-refractivity contribution in [3.8, 4) is 5.75 Å². The van der Waals surface area contributed by atoms with E-state index in [9.17, 15) is 9.90 Å². The Hall–Kier alpha value is -1.81. The Morgan fingerprint density at radius 2 is 1.90 bits per heavy atom. The van der Waals surface area contributed by atoms with Gasteiger partial charge >= 0.3 is 0 Å². The van der Waals surface area contributed by atoms with E-state index in [2.05, 4.69) is 33.4 Å². The monoisotopic (exact) mass is 333 g/mol. The first-order chi connectivity index (χ1) is 9.65. The van der Waals surface area contributed by atoms with Gasteiger partial charge in [0.05, 0.1) is 5.69 Å². The van der Waals surface area contributed by atoms with E-state index < -0.39 is 0 Å². The van der Waals surface area contributed by atoms with Gasteiger partial charge in [-0.05, 0) is 36.6 Å². The highest BCUT2D eigenvalue weighted by Crippen LogP contribution is 2.26. The van der Waals surface area contributed by atoms with Crippen LogP contribution in [0.2, 0.25) is 0 Å². The van der Waals surface area contributed by atoms with Crippen LogP contribution in [0.1, 0.15) is 18.4 Å². The van der Waals surface area contributed by atoms with Crippen molar-refractivity contribution in [3.63, 3.8) is 0 Å². The van der Waals surface area contributed by atoms with Gasteiger partial charge < -0.3 is 10.4 Å². The van der Waals surface area contributed by atoms with Crippen LogP contribution < -0.4 is 5.32 Å². The van der Waals surface area contributed by atoms with E-state index in [1.54, 1.807) is 18.2 Å². The number of hydrogen-bond donors (Lipinski definition) is 2. The molecule has 4 heteroatoms. The molecule has 0 saturated heterocycles. The fourth-order valence-corrected chi connectivity index (χ4v) is 2.27. The summed E-state index contributed by atoms with van der Waals surface area (Å²) < 4.78 is 0.775. The number of carbonyl (C=O) groups excluding carboxylic acids is 1. The van der Waals surface area contributed by atoms with Crippen molar-refractivity contribution >= 4 is 27.5 Å². The van der Waals surface area contributed by atoms with E-state index >= 15 is 0 Å². The zero-order valence-electron chi connectivity index (χ0n) is 11.0. The summed E-state index contributed by atoms with van der Waals surface area (Å²) in [6.45, 7) is 0. The van der Waals surface area contributed by atoms with E-state index in [0.29, 0.717) is 12.1 Å². The minimum absolute atomic E-state index is 0.0655. The summed E-state index contributed by atoms with van der Waals surface area (Å²) in [5.41, 5.74) is 1.67. The van der Waals surface area contributed by atoms with Crippen molar-refractivity contribution in [2.24, 2.45) is 0 Å². The predicted octanol–water partition coefficient (Wildman–Crippen LogP) is 4.12. The second kappa shape index (κ2) is 7.10. The van der Waals surface area contributed by atoms with Crippen LogP contribution in [0, 0.1) is 0 Å². The number of phenols is 1. The van der Waals surface area contributed by atoms with Crippen molar-refractivity contribution < 1.29 is 9.90 Å². The van der Waals surface area contributed by atoms with E-state index in [4.69, 9.17) is 0 Å². The highest BCUT2D eigenvalue weighted by Gasteiger charge is 2.06. The third-order valence-corrected chi connectivity index (χ3v) is 3.44. The number of hydrogen-bond acceptors (Lipinski definition) is 2. The lowest BCUT2D eigenvalue weighted by Gasteiger charge is -2.07. The first-order valence-electron chi connectivity index (χ1n) is 6.47. The molecule has 0 aliphatic carbocycles. The summed E-state index contributed by atoms with van der Waals surface area (Å²) in [6.07, 6.45) is 2.10. The number of anilines is 1. The molecule has 2 rings (SSSR count). The van der Waals surface area contributed by atoms with Crippen molar-refractivity contribution in [1.82, 2.24) is 0 Å². The lowest BCUT2D eigenvalue weighted by Crippen LogP contribution is -2.11. The molecule has 0 atom stereocenters. The van der Waals surface area contributed by atoms with Gasteiger partial charge in [0.15, 0.2) is 0 Å². The van der Waals surface area contributed by atoms with Crippen molar-refractivity contribution in [2.45, 2.75) is 19.3 Å². The Labute approximate surface area is 126 Å². The maximum Gasteiger partial charge on any atom is 0.224 e. The van der Waals surface area contributed by atoms with Gasteiger partial charge in [-0.2, -0.15) is 0 Å². The Kier molecular flexibility index (Phi) is 5.18. The van der Waals surface area contributed by atoms with Crippen LogP contribution >= 0.6 is 15.9 Å². The Balaban J connectivity index is 1.81. The molecule has 1 amide bonds. The molecule has 0 saturated carbocycles. The standard InChI is InChI=1S/C16H16BrNO2/c17-13-9-10-14(15(19)11-13)18-16(20)8-4-7-12-5-2-1-3-6-12/h1-3,5-6,9-11,19H,4,7-8H2,(H,18,20). The topological polar surface area (TPSA) is 49.3 Å². The number of rotatable bonds is 5. The van der Waals surface area contributed by atoms with Crippen molar-refractivity contribution in [2.75, 3.05) is 5.32 Å². The van der Waals surface area contributed by atoms with Gasteiger partial charge in [0.25, 0.3) is 0 Å². The van der Waals surface area contributed by atoms with Gasteiger partial charge in [-0.25, -0.2) is 0 Å². The number of amides is 1. The summed E-state index contributed by atoms with van der Waals surface area (Å²) in [4.78, 5) is 11.8. The zero-order chi connectivity index (χ0) is 14.4. The molecule has 0 radical (unpaired) electrons. The molecule has 0 fully saturated rings. The number of aromatic hydroxyl groups is 1. The van der Waals surface area contributed by atoms with E-state index in [1.807, 2.05) is 18.2 Å². The van der Waals surface area contributed by atoms with Crippen LogP contribution in [0.15, 0.2) is 53.0 Å². The molecule has 0 aliphatic rings. The van der Waals surface area contributed by atoms with Crippen LogP contribution in [0.25, 0.3) is 0 Å². The summed E-state index contributed by atoms with van der Waals surface area (Å²) in [5, 5.41) is 12.4. The van der Waals surface area contributed by atoms with Crippen LogP contribution in [0.3, 0.4) is 0 Å². The first-order valence-corrected chi connectivity index (χ1v) is 7.27. The summed E-state index contributed by atoms with van der Waals surface area (Å²) in [6, 6.07) is 15.1. The molecular weight excluding hydrogens is 318 g/mol. The lowest BCUT2D eigenvalue weighted by atomic mass is 10.1. The lowest BCUT2D eigenvalue weighted by molar-refractivity contribution is -0.116. The number of benzene rings is 2. The van der Waals surface area contributed by atoms with Crippen molar-refractivity contribution in [3.05, 3.63) is 58.6 Å². The fraction of sp³-hybridized carbons (Fsp3) is 0.188. The summed E-state index contributed by atoms with van der Waals surface area (Å²) in [7, 11) is 0. The molecule has 0 aliphatic heterocycles. The molecular formula is C16H16BrNO2. The van der Waals surface area contributed by atoms with Crippen LogP contribution in [-0.4, -0.2) is 11.0 Å². The van der Waals surface area contributed by atoms with Gasteiger partial charge in [0, 0.05) is 10.9 Å². The van der Waals surface area contributed by atoms with Crippen LogP contribution in [0.4, 0.5) is 5.69 Å². The molecule has 3 nitrogen and oxygen atoms in total. The van der Waals surface area contributed by atoms with Gasteiger partial charge in [0.1, 0.15) is 5.75 Å². The minimum Gasteiger partial charge on any atom is -0.506 e. The molecule has 2 N–H and O–H groups in total. The van der Waals surface area contributed by atoms with Crippen LogP contribution in [-0.2, 0) is 11.2 Å². The zero-order valence-corrected chi connectivity index (χ0v) is 12.6. The fourth-order valence-electron chi connectivity index (χ4n) is 1.92. The highest BCUT2D eigenvalue weighted by molar-refractivity contribution is 9.10. The third kappa shape index (κ3) is 4.38. The number of carbonyl (C=O) groups is 1. The molecule has 0 aromatic heterocycles. The quantitative estimate of drug-likeness (QED) is 0.808. The Morgan fingerprint density at radius 3 is 2.60 bits per heavy atom. The second-order valence-corrected chi connectivity index (χ2v) is 5.46.